The third-order valence-corrected chi connectivity index (χ3v) is 4.00. The molecule has 0 aliphatic carbocycles. The third kappa shape index (κ3) is 2.29. The van der Waals surface area contributed by atoms with Gasteiger partial charge >= 0.3 is 0 Å². The van der Waals surface area contributed by atoms with Crippen molar-refractivity contribution in [2.24, 2.45) is 0 Å². The molecule has 1 aromatic carbocycles. The van der Waals surface area contributed by atoms with Crippen molar-refractivity contribution in [2.75, 3.05) is 6.54 Å². The molecule has 2 atom stereocenters. The molecule has 0 spiro atoms. The predicted octanol–water partition coefficient (Wildman–Crippen LogP) is 1.10. The van der Waals surface area contributed by atoms with E-state index in [9.17, 15) is 13.6 Å². The highest BCUT2D eigenvalue weighted by Gasteiger charge is 2.33. The fourth-order valence-corrected chi connectivity index (χ4v) is 2.88. The first-order chi connectivity index (χ1) is 9.56. The molecule has 2 unspecified atom stereocenters. The van der Waals surface area contributed by atoms with Crippen LogP contribution in [-0.4, -0.2) is 29.4 Å². The maximum Gasteiger partial charge on any atom is 0.241 e. The lowest BCUT2D eigenvalue weighted by molar-refractivity contribution is -0.134. The van der Waals surface area contributed by atoms with E-state index < -0.39 is 5.82 Å². The van der Waals surface area contributed by atoms with Crippen molar-refractivity contribution in [3.63, 3.8) is 0 Å². The first-order valence-electron chi connectivity index (χ1n) is 6.82. The van der Waals surface area contributed by atoms with Gasteiger partial charge < -0.3 is 4.90 Å². The number of carbonyl (C=O) groups is 1. The molecule has 0 radical (unpaired) electrons. The molecule has 0 saturated carbocycles. The Morgan fingerprint density at radius 3 is 2.60 bits per heavy atom. The Labute approximate surface area is 116 Å². The minimum absolute atomic E-state index is 0.0591. The molecule has 2 N–H and O–H groups in total. The van der Waals surface area contributed by atoms with Gasteiger partial charge in [0, 0.05) is 24.7 Å². The van der Waals surface area contributed by atoms with Gasteiger partial charge in [-0.25, -0.2) is 14.2 Å². The average Bonchev–Trinajstić information content (AvgIpc) is 2.88. The summed E-state index contributed by atoms with van der Waals surface area (Å²) in [4.78, 5) is 14.0. The number of hydrogen-bond acceptors (Lipinski definition) is 3. The Morgan fingerprint density at radius 1 is 1.25 bits per heavy atom. The number of rotatable bonds is 1. The second-order valence-corrected chi connectivity index (χ2v) is 5.47. The molecule has 0 bridgehead atoms. The summed E-state index contributed by atoms with van der Waals surface area (Å²) < 4.78 is 27.4. The van der Waals surface area contributed by atoms with Crippen LogP contribution in [0, 0.1) is 11.6 Å². The zero-order chi connectivity index (χ0) is 14.3. The summed E-state index contributed by atoms with van der Waals surface area (Å²) in [5.74, 6) is -0.885. The molecular formula is C14H17F2N3O. The maximum absolute atomic E-state index is 13.8. The van der Waals surface area contributed by atoms with Crippen LogP contribution in [-0.2, 0) is 17.8 Å². The lowest BCUT2D eigenvalue weighted by Crippen LogP contribution is -2.47. The normalized spacial score (nSPS) is 25.6. The molecule has 1 aromatic rings. The molecule has 6 heteroatoms. The monoisotopic (exact) mass is 281 g/mol. The number of halogens is 2. The SMILES string of the molecule is CC1CC(C(=O)N2CCc3c(F)ccc(F)c3C2)NN1. The van der Waals surface area contributed by atoms with E-state index >= 15 is 0 Å². The number of hydrogen-bond donors (Lipinski definition) is 2. The van der Waals surface area contributed by atoms with E-state index in [2.05, 4.69) is 10.9 Å². The smallest absolute Gasteiger partial charge is 0.241 e. The standard InChI is InChI=1S/C14H17F2N3O/c1-8-6-13(18-17-8)14(20)19-5-4-9-10(7-19)12(16)3-2-11(9)15/h2-3,8,13,17-18H,4-7H2,1H3. The van der Waals surface area contributed by atoms with Gasteiger partial charge in [0.25, 0.3) is 0 Å². The molecule has 2 aliphatic heterocycles. The molecule has 2 aliphatic rings. The molecule has 2 heterocycles. The summed E-state index contributed by atoms with van der Waals surface area (Å²) in [6, 6.07) is 2.22. The van der Waals surface area contributed by atoms with Crippen LogP contribution in [0.5, 0.6) is 0 Å². The van der Waals surface area contributed by atoms with Gasteiger partial charge in [-0.3, -0.25) is 10.2 Å². The molecule has 0 aromatic heterocycles. The molecular weight excluding hydrogens is 264 g/mol. The van der Waals surface area contributed by atoms with Crippen LogP contribution >= 0.6 is 0 Å². The molecule has 108 valence electrons. The first-order valence-corrected chi connectivity index (χ1v) is 6.82. The average molecular weight is 281 g/mol. The minimum Gasteiger partial charge on any atom is -0.337 e. The summed E-state index contributed by atoms with van der Waals surface area (Å²) in [7, 11) is 0. The minimum atomic E-state index is -0.440. The summed E-state index contributed by atoms with van der Waals surface area (Å²) in [5, 5.41) is 0. The van der Waals surface area contributed by atoms with Gasteiger partial charge in [-0.1, -0.05) is 0 Å². The summed E-state index contributed by atoms with van der Waals surface area (Å²) in [6.07, 6.45) is 1.06. The number of fused-ring (bicyclic) bond motifs is 1. The highest BCUT2D eigenvalue weighted by atomic mass is 19.1. The van der Waals surface area contributed by atoms with Crippen LogP contribution < -0.4 is 10.9 Å². The summed E-state index contributed by atoms with van der Waals surface area (Å²) >= 11 is 0. The third-order valence-electron chi connectivity index (χ3n) is 4.00. The summed E-state index contributed by atoms with van der Waals surface area (Å²) in [5.41, 5.74) is 6.65. The number of amides is 1. The molecule has 20 heavy (non-hydrogen) atoms. The fraction of sp³-hybridized carbons (Fsp3) is 0.500. The fourth-order valence-electron chi connectivity index (χ4n) is 2.88. The van der Waals surface area contributed by atoms with Crippen molar-refractivity contribution in [1.29, 1.82) is 0 Å². The number of nitrogens with zero attached hydrogens (tertiary/aromatic N) is 1. The zero-order valence-electron chi connectivity index (χ0n) is 11.2. The summed E-state index contributed by atoms with van der Waals surface area (Å²) in [6.45, 7) is 2.56. The van der Waals surface area contributed by atoms with Crippen LogP contribution in [0.2, 0.25) is 0 Å². The van der Waals surface area contributed by atoms with E-state index in [1.807, 2.05) is 6.92 Å². The molecule has 3 rings (SSSR count). The Bertz CT molecular complexity index is 549. The Morgan fingerprint density at radius 2 is 1.95 bits per heavy atom. The van der Waals surface area contributed by atoms with Crippen molar-refractivity contribution < 1.29 is 13.6 Å². The van der Waals surface area contributed by atoms with Gasteiger partial charge in [-0.05, 0) is 37.5 Å². The van der Waals surface area contributed by atoms with Crippen molar-refractivity contribution in [1.82, 2.24) is 15.8 Å². The zero-order valence-corrected chi connectivity index (χ0v) is 11.2. The lowest BCUT2D eigenvalue weighted by Gasteiger charge is -2.31. The molecule has 1 fully saturated rings. The van der Waals surface area contributed by atoms with E-state index in [0.717, 1.165) is 12.1 Å². The lowest BCUT2D eigenvalue weighted by atomic mass is 9.97. The topological polar surface area (TPSA) is 44.4 Å². The number of carbonyl (C=O) groups excluding carboxylic acids is 1. The van der Waals surface area contributed by atoms with Crippen LogP contribution in [0.1, 0.15) is 24.5 Å². The van der Waals surface area contributed by atoms with E-state index in [1.165, 1.54) is 0 Å². The number of nitrogens with one attached hydrogen (secondary N) is 2. The second-order valence-electron chi connectivity index (χ2n) is 5.47. The number of benzene rings is 1. The molecule has 4 nitrogen and oxygen atoms in total. The van der Waals surface area contributed by atoms with Crippen molar-refractivity contribution >= 4 is 5.91 Å². The van der Waals surface area contributed by atoms with E-state index in [4.69, 9.17) is 0 Å². The van der Waals surface area contributed by atoms with Gasteiger partial charge in [-0.2, -0.15) is 0 Å². The van der Waals surface area contributed by atoms with E-state index in [-0.39, 0.29) is 30.4 Å². The van der Waals surface area contributed by atoms with Gasteiger partial charge in [-0.15, -0.1) is 0 Å². The van der Waals surface area contributed by atoms with Gasteiger partial charge in [0.05, 0.1) is 0 Å². The predicted molar refractivity (Wildman–Crippen MR) is 69.6 cm³/mol. The second kappa shape index (κ2) is 5.10. The van der Waals surface area contributed by atoms with Crippen molar-refractivity contribution in [3.8, 4) is 0 Å². The Balaban J connectivity index is 1.78. The molecule has 1 saturated heterocycles. The highest BCUT2D eigenvalue weighted by molar-refractivity contribution is 5.82. The van der Waals surface area contributed by atoms with Gasteiger partial charge in [0.1, 0.15) is 17.7 Å². The van der Waals surface area contributed by atoms with Crippen LogP contribution in [0.3, 0.4) is 0 Å². The van der Waals surface area contributed by atoms with Crippen LogP contribution in [0.4, 0.5) is 8.78 Å². The Hall–Kier alpha value is -1.53. The van der Waals surface area contributed by atoms with Crippen LogP contribution in [0.25, 0.3) is 0 Å². The van der Waals surface area contributed by atoms with Gasteiger partial charge in [0.2, 0.25) is 5.91 Å². The Kier molecular flexibility index (Phi) is 3.43. The van der Waals surface area contributed by atoms with Crippen LogP contribution in [0.15, 0.2) is 12.1 Å². The molecule has 1 amide bonds. The van der Waals surface area contributed by atoms with E-state index in [0.29, 0.717) is 30.5 Å². The quantitative estimate of drug-likeness (QED) is 0.810. The van der Waals surface area contributed by atoms with Gasteiger partial charge in [0.15, 0.2) is 0 Å². The van der Waals surface area contributed by atoms with Crippen molar-refractivity contribution in [2.45, 2.75) is 38.4 Å². The van der Waals surface area contributed by atoms with E-state index in [1.54, 1.807) is 4.90 Å². The van der Waals surface area contributed by atoms with Crippen molar-refractivity contribution in [3.05, 3.63) is 34.9 Å². The number of hydrazine groups is 1. The maximum atomic E-state index is 13.8. The largest absolute Gasteiger partial charge is 0.337 e. The highest BCUT2D eigenvalue weighted by Crippen LogP contribution is 2.25. The first kappa shape index (κ1) is 13.5.